The molecule has 0 spiro atoms. The van der Waals surface area contributed by atoms with Crippen molar-refractivity contribution in [1.82, 2.24) is 10.2 Å². The maximum Gasteiger partial charge on any atom is 0.276 e. The normalized spacial score (nSPS) is 10.2. The predicted molar refractivity (Wildman–Crippen MR) is 106 cm³/mol. The lowest BCUT2D eigenvalue weighted by atomic mass is 10.2. The zero-order chi connectivity index (χ0) is 20.8. The summed E-state index contributed by atoms with van der Waals surface area (Å²) in [6.45, 7) is 0. The van der Waals surface area contributed by atoms with Crippen molar-refractivity contribution < 1.29 is 23.4 Å². The van der Waals surface area contributed by atoms with Gasteiger partial charge in [0.05, 0.1) is 27.0 Å². The van der Waals surface area contributed by atoms with E-state index in [-0.39, 0.29) is 11.4 Å². The molecule has 0 fully saturated rings. The van der Waals surface area contributed by atoms with Gasteiger partial charge < -0.3 is 24.8 Å². The standard InChI is InChI=1S/C20H19FN4O4/c1-27-16-10-12(11-17(28-2)19(16)29-3)22-20(26)15-8-9-18(25-24-15)23-14-7-5-4-6-13(14)21/h4-11H,1-3H3,(H,22,26)(H,23,25). The van der Waals surface area contributed by atoms with Crippen molar-refractivity contribution in [3.8, 4) is 17.2 Å². The van der Waals surface area contributed by atoms with Crippen LogP contribution in [0.1, 0.15) is 10.5 Å². The molecule has 0 saturated heterocycles. The summed E-state index contributed by atoms with van der Waals surface area (Å²) in [6.07, 6.45) is 0. The summed E-state index contributed by atoms with van der Waals surface area (Å²) in [4.78, 5) is 12.5. The molecule has 0 aliphatic carbocycles. The molecule has 0 aliphatic heterocycles. The van der Waals surface area contributed by atoms with E-state index in [1.165, 1.54) is 39.5 Å². The number of nitrogens with one attached hydrogen (secondary N) is 2. The van der Waals surface area contributed by atoms with Crippen LogP contribution in [0.25, 0.3) is 0 Å². The monoisotopic (exact) mass is 398 g/mol. The van der Waals surface area contributed by atoms with Crippen molar-refractivity contribution in [3.05, 3.63) is 60.0 Å². The summed E-state index contributed by atoms with van der Waals surface area (Å²) in [7, 11) is 4.45. The van der Waals surface area contributed by atoms with Gasteiger partial charge in [0.15, 0.2) is 23.0 Å². The number of anilines is 3. The number of carbonyl (C=O) groups is 1. The lowest BCUT2D eigenvalue weighted by Crippen LogP contribution is -2.15. The van der Waals surface area contributed by atoms with E-state index in [9.17, 15) is 9.18 Å². The molecule has 0 atom stereocenters. The van der Waals surface area contributed by atoms with Crippen LogP contribution in [0.4, 0.5) is 21.6 Å². The zero-order valence-corrected chi connectivity index (χ0v) is 16.0. The van der Waals surface area contributed by atoms with Gasteiger partial charge in [-0.2, -0.15) is 0 Å². The molecular weight excluding hydrogens is 379 g/mol. The van der Waals surface area contributed by atoms with E-state index < -0.39 is 11.7 Å². The van der Waals surface area contributed by atoms with Gasteiger partial charge in [-0.05, 0) is 24.3 Å². The fraction of sp³-hybridized carbons (Fsp3) is 0.150. The highest BCUT2D eigenvalue weighted by atomic mass is 19.1. The Morgan fingerprint density at radius 2 is 1.62 bits per heavy atom. The van der Waals surface area contributed by atoms with Gasteiger partial charge in [0.2, 0.25) is 5.75 Å². The molecule has 1 heterocycles. The molecule has 2 N–H and O–H groups in total. The zero-order valence-electron chi connectivity index (χ0n) is 16.0. The Labute approximate surface area is 166 Å². The second-order valence-electron chi connectivity index (χ2n) is 5.78. The van der Waals surface area contributed by atoms with Crippen LogP contribution in [0.2, 0.25) is 0 Å². The van der Waals surface area contributed by atoms with Gasteiger partial charge in [0.25, 0.3) is 5.91 Å². The highest BCUT2D eigenvalue weighted by Crippen LogP contribution is 2.40. The van der Waals surface area contributed by atoms with Crippen LogP contribution in [0, 0.1) is 5.82 Å². The van der Waals surface area contributed by atoms with Crippen LogP contribution in [-0.2, 0) is 0 Å². The third kappa shape index (κ3) is 4.52. The molecule has 1 aromatic heterocycles. The van der Waals surface area contributed by atoms with Gasteiger partial charge in [-0.15, -0.1) is 10.2 Å². The van der Waals surface area contributed by atoms with E-state index >= 15 is 0 Å². The Bertz CT molecular complexity index is 987. The number of hydrogen-bond donors (Lipinski definition) is 2. The number of para-hydroxylation sites is 1. The molecule has 3 aromatic rings. The van der Waals surface area contributed by atoms with Crippen molar-refractivity contribution in [3.63, 3.8) is 0 Å². The first-order chi connectivity index (χ1) is 14.0. The maximum absolute atomic E-state index is 13.7. The number of methoxy groups -OCH3 is 3. The molecule has 0 aliphatic rings. The number of carbonyl (C=O) groups excluding carboxylic acids is 1. The Kier molecular flexibility index (Phi) is 6.08. The van der Waals surface area contributed by atoms with Crippen molar-refractivity contribution >= 4 is 23.1 Å². The molecule has 0 unspecified atom stereocenters. The first-order valence-corrected chi connectivity index (χ1v) is 8.52. The van der Waals surface area contributed by atoms with E-state index in [0.717, 1.165) is 0 Å². The first-order valence-electron chi connectivity index (χ1n) is 8.52. The van der Waals surface area contributed by atoms with Crippen LogP contribution < -0.4 is 24.8 Å². The van der Waals surface area contributed by atoms with E-state index in [2.05, 4.69) is 20.8 Å². The number of rotatable bonds is 7. The Balaban J connectivity index is 1.75. The van der Waals surface area contributed by atoms with Gasteiger partial charge in [0.1, 0.15) is 5.82 Å². The Hall–Kier alpha value is -3.88. The number of ether oxygens (including phenoxy) is 3. The molecule has 3 rings (SSSR count). The van der Waals surface area contributed by atoms with Gasteiger partial charge in [-0.1, -0.05) is 12.1 Å². The number of aromatic nitrogens is 2. The van der Waals surface area contributed by atoms with Gasteiger partial charge in [-0.3, -0.25) is 4.79 Å². The number of amides is 1. The maximum atomic E-state index is 13.7. The molecule has 0 radical (unpaired) electrons. The van der Waals surface area contributed by atoms with E-state index in [0.29, 0.717) is 28.8 Å². The van der Waals surface area contributed by atoms with Crippen molar-refractivity contribution in [2.24, 2.45) is 0 Å². The number of benzene rings is 2. The quantitative estimate of drug-likeness (QED) is 0.627. The van der Waals surface area contributed by atoms with Crippen LogP contribution >= 0.6 is 0 Å². The average molecular weight is 398 g/mol. The van der Waals surface area contributed by atoms with Crippen molar-refractivity contribution in [1.29, 1.82) is 0 Å². The molecule has 1 amide bonds. The molecule has 8 nitrogen and oxygen atoms in total. The van der Waals surface area contributed by atoms with Crippen molar-refractivity contribution in [2.45, 2.75) is 0 Å². The minimum Gasteiger partial charge on any atom is -0.493 e. The average Bonchev–Trinajstić information content (AvgIpc) is 2.75. The predicted octanol–water partition coefficient (Wildman–Crippen LogP) is 3.64. The molecule has 9 heteroatoms. The molecule has 0 saturated carbocycles. The molecule has 0 bridgehead atoms. The molecule has 29 heavy (non-hydrogen) atoms. The summed E-state index contributed by atoms with van der Waals surface area (Å²) in [6, 6.07) is 12.4. The second kappa shape index (κ2) is 8.87. The highest BCUT2D eigenvalue weighted by molar-refractivity contribution is 6.03. The molecular formula is C20H19FN4O4. The van der Waals surface area contributed by atoms with Crippen LogP contribution in [-0.4, -0.2) is 37.4 Å². The topological polar surface area (TPSA) is 94.6 Å². The summed E-state index contributed by atoms with van der Waals surface area (Å²) in [5, 5.41) is 13.3. The van der Waals surface area contributed by atoms with Crippen LogP contribution in [0.5, 0.6) is 17.2 Å². The van der Waals surface area contributed by atoms with E-state index in [1.54, 1.807) is 30.3 Å². The van der Waals surface area contributed by atoms with Crippen molar-refractivity contribution in [2.75, 3.05) is 32.0 Å². The van der Waals surface area contributed by atoms with Crippen LogP contribution in [0.15, 0.2) is 48.5 Å². The largest absolute Gasteiger partial charge is 0.493 e. The number of hydrogen-bond acceptors (Lipinski definition) is 7. The van der Waals surface area contributed by atoms with Gasteiger partial charge in [-0.25, -0.2) is 4.39 Å². The summed E-state index contributed by atoms with van der Waals surface area (Å²) < 4.78 is 29.5. The fourth-order valence-corrected chi connectivity index (χ4v) is 2.57. The highest BCUT2D eigenvalue weighted by Gasteiger charge is 2.16. The smallest absolute Gasteiger partial charge is 0.276 e. The van der Waals surface area contributed by atoms with Gasteiger partial charge >= 0.3 is 0 Å². The third-order valence-electron chi connectivity index (χ3n) is 3.96. The summed E-state index contributed by atoms with van der Waals surface area (Å²) >= 11 is 0. The third-order valence-corrected chi connectivity index (χ3v) is 3.96. The number of halogens is 1. The Morgan fingerprint density at radius 3 is 2.17 bits per heavy atom. The Morgan fingerprint density at radius 1 is 0.931 bits per heavy atom. The molecule has 2 aromatic carbocycles. The van der Waals surface area contributed by atoms with E-state index in [4.69, 9.17) is 14.2 Å². The lowest BCUT2D eigenvalue weighted by Gasteiger charge is -2.14. The van der Waals surface area contributed by atoms with Gasteiger partial charge in [0, 0.05) is 17.8 Å². The summed E-state index contributed by atoms with van der Waals surface area (Å²) in [5.41, 5.74) is 0.772. The van der Waals surface area contributed by atoms with E-state index in [1.807, 2.05) is 0 Å². The minimum absolute atomic E-state index is 0.0813. The van der Waals surface area contributed by atoms with Crippen LogP contribution in [0.3, 0.4) is 0 Å². The summed E-state index contributed by atoms with van der Waals surface area (Å²) in [5.74, 6) is 0.619. The SMILES string of the molecule is COc1cc(NC(=O)c2ccc(Nc3ccccc3F)nn2)cc(OC)c1OC. The minimum atomic E-state index is -0.482. The first kappa shape index (κ1) is 19.9. The lowest BCUT2D eigenvalue weighted by molar-refractivity contribution is 0.102. The fourth-order valence-electron chi connectivity index (χ4n) is 2.57. The second-order valence-corrected chi connectivity index (χ2v) is 5.78. The molecule has 150 valence electrons. The number of nitrogens with zero attached hydrogens (tertiary/aromatic N) is 2.